The van der Waals surface area contributed by atoms with Crippen molar-refractivity contribution in [1.29, 1.82) is 0 Å². The first kappa shape index (κ1) is 18.4. The number of carbonyl (C=O) groups is 1. The Kier molecular flexibility index (Phi) is 5.27. The molecule has 3 nitrogen and oxygen atoms in total. The predicted octanol–water partition coefficient (Wildman–Crippen LogP) is 4.61. The van der Waals surface area contributed by atoms with Crippen molar-refractivity contribution >= 4 is 28.6 Å². The lowest BCUT2D eigenvalue weighted by atomic mass is 10.1. The van der Waals surface area contributed by atoms with Gasteiger partial charge in [0.1, 0.15) is 0 Å². The lowest BCUT2D eigenvalue weighted by Crippen LogP contribution is -2.24. The topological polar surface area (TPSA) is 34.0 Å². The number of para-hydroxylation sites is 1. The molecule has 3 aromatic rings. The van der Waals surface area contributed by atoms with E-state index in [2.05, 4.69) is 5.32 Å². The quantitative estimate of drug-likeness (QED) is 0.658. The van der Waals surface area contributed by atoms with Gasteiger partial charge >= 0.3 is 6.18 Å². The number of amides is 1. The minimum atomic E-state index is -4.35. The Bertz CT molecular complexity index is 917. The lowest BCUT2D eigenvalue weighted by molar-refractivity contribution is -0.137. The number of halogens is 3. The predicted molar refractivity (Wildman–Crippen MR) is 96.9 cm³/mol. The van der Waals surface area contributed by atoms with E-state index in [-0.39, 0.29) is 18.2 Å². The molecule has 26 heavy (non-hydrogen) atoms. The molecule has 3 rings (SSSR count). The Morgan fingerprint density at radius 2 is 1.81 bits per heavy atom. The summed E-state index contributed by atoms with van der Waals surface area (Å²) in [6.45, 7) is 0.201. The maximum absolute atomic E-state index is 12.5. The number of nitrogens with one attached hydrogen (secondary N) is 1. The molecule has 1 heterocycles. The fourth-order valence-electron chi connectivity index (χ4n) is 2.63. The molecule has 7 heteroatoms. The fraction of sp³-hybridized carbons (Fsp3) is 0.211. The summed E-state index contributed by atoms with van der Waals surface area (Å²) in [5, 5.41) is 3.83. The van der Waals surface area contributed by atoms with Crippen molar-refractivity contribution in [3.63, 3.8) is 0 Å². The minimum absolute atomic E-state index is 0.164. The molecule has 0 saturated heterocycles. The van der Waals surface area contributed by atoms with Gasteiger partial charge in [-0.15, -0.1) is 11.8 Å². The summed E-state index contributed by atoms with van der Waals surface area (Å²) < 4.78 is 39.6. The number of rotatable bonds is 5. The Morgan fingerprint density at radius 1 is 1.12 bits per heavy atom. The summed E-state index contributed by atoms with van der Waals surface area (Å²) in [6, 6.07) is 12.7. The summed E-state index contributed by atoms with van der Waals surface area (Å²) in [5.74, 6) is 0.0806. The van der Waals surface area contributed by atoms with E-state index in [1.165, 1.54) is 23.9 Å². The van der Waals surface area contributed by atoms with Gasteiger partial charge in [-0.2, -0.15) is 13.2 Å². The third-order valence-electron chi connectivity index (χ3n) is 3.99. The second-order valence-corrected chi connectivity index (χ2v) is 6.90. The van der Waals surface area contributed by atoms with E-state index in [1.54, 1.807) is 0 Å². The van der Waals surface area contributed by atoms with Gasteiger partial charge in [0.05, 0.1) is 11.3 Å². The van der Waals surface area contributed by atoms with Gasteiger partial charge in [0.15, 0.2) is 0 Å². The summed E-state index contributed by atoms with van der Waals surface area (Å²) in [7, 11) is 1.96. The number of alkyl halides is 3. The second-order valence-electron chi connectivity index (χ2n) is 5.88. The van der Waals surface area contributed by atoms with E-state index < -0.39 is 11.7 Å². The van der Waals surface area contributed by atoms with Crippen molar-refractivity contribution in [1.82, 2.24) is 9.88 Å². The van der Waals surface area contributed by atoms with E-state index in [0.29, 0.717) is 5.56 Å². The highest BCUT2D eigenvalue weighted by Gasteiger charge is 2.29. The van der Waals surface area contributed by atoms with Gasteiger partial charge in [-0.05, 0) is 23.8 Å². The average Bonchev–Trinajstić information content (AvgIpc) is 2.94. The number of aromatic nitrogens is 1. The van der Waals surface area contributed by atoms with Crippen LogP contribution in [-0.4, -0.2) is 16.2 Å². The van der Waals surface area contributed by atoms with Crippen LogP contribution < -0.4 is 5.32 Å². The minimum Gasteiger partial charge on any atom is -0.351 e. The van der Waals surface area contributed by atoms with Gasteiger partial charge in [-0.3, -0.25) is 4.79 Å². The number of hydrogen-bond donors (Lipinski definition) is 1. The van der Waals surface area contributed by atoms with Gasteiger partial charge < -0.3 is 9.88 Å². The molecular weight excluding hydrogens is 361 g/mol. The Balaban J connectivity index is 1.54. The molecule has 1 N–H and O–H groups in total. The zero-order valence-corrected chi connectivity index (χ0v) is 14.8. The van der Waals surface area contributed by atoms with Crippen LogP contribution in [0.5, 0.6) is 0 Å². The molecule has 0 spiro atoms. The maximum atomic E-state index is 12.5. The molecule has 1 amide bonds. The van der Waals surface area contributed by atoms with Crippen LogP contribution >= 0.6 is 11.8 Å². The third-order valence-corrected chi connectivity index (χ3v) is 5.03. The first-order valence-electron chi connectivity index (χ1n) is 7.94. The molecule has 2 aromatic carbocycles. The Morgan fingerprint density at radius 3 is 2.50 bits per heavy atom. The lowest BCUT2D eigenvalue weighted by Gasteiger charge is -2.08. The molecule has 136 valence electrons. The van der Waals surface area contributed by atoms with Crippen molar-refractivity contribution in [2.24, 2.45) is 7.05 Å². The molecule has 0 atom stereocenters. The van der Waals surface area contributed by atoms with Gasteiger partial charge in [-0.25, -0.2) is 0 Å². The van der Waals surface area contributed by atoms with Crippen LogP contribution in [0, 0.1) is 0 Å². The number of carbonyl (C=O) groups excluding carboxylic acids is 1. The largest absolute Gasteiger partial charge is 0.416 e. The average molecular weight is 378 g/mol. The molecule has 0 saturated carbocycles. The van der Waals surface area contributed by atoms with Crippen molar-refractivity contribution in [2.45, 2.75) is 17.6 Å². The number of hydrogen-bond acceptors (Lipinski definition) is 2. The van der Waals surface area contributed by atoms with Gasteiger partial charge in [0.25, 0.3) is 0 Å². The smallest absolute Gasteiger partial charge is 0.351 e. The van der Waals surface area contributed by atoms with Gasteiger partial charge in [0.2, 0.25) is 5.91 Å². The van der Waals surface area contributed by atoms with E-state index in [1.807, 2.05) is 42.1 Å². The molecule has 0 aliphatic heterocycles. The van der Waals surface area contributed by atoms with Gasteiger partial charge in [0, 0.05) is 35.6 Å². The molecule has 0 fully saturated rings. The van der Waals surface area contributed by atoms with Crippen LogP contribution in [0.4, 0.5) is 13.2 Å². The van der Waals surface area contributed by atoms with Crippen LogP contribution in [-0.2, 0) is 24.6 Å². The van der Waals surface area contributed by atoms with Crippen molar-refractivity contribution in [3.05, 3.63) is 65.9 Å². The van der Waals surface area contributed by atoms with Crippen LogP contribution in [0.25, 0.3) is 10.9 Å². The van der Waals surface area contributed by atoms with E-state index in [0.717, 1.165) is 27.9 Å². The number of benzene rings is 2. The SMILES string of the molecule is Cn1cc(SCC(=O)NCc2ccc(C(F)(F)F)cc2)c2ccccc21. The van der Waals surface area contributed by atoms with Crippen molar-refractivity contribution in [3.8, 4) is 0 Å². The van der Waals surface area contributed by atoms with E-state index in [9.17, 15) is 18.0 Å². The highest BCUT2D eigenvalue weighted by Crippen LogP contribution is 2.30. The first-order valence-corrected chi connectivity index (χ1v) is 8.93. The van der Waals surface area contributed by atoms with Gasteiger partial charge in [-0.1, -0.05) is 30.3 Å². The molecular formula is C19H17F3N2OS. The highest BCUT2D eigenvalue weighted by atomic mass is 32.2. The summed E-state index contributed by atoms with van der Waals surface area (Å²) in [4.78, 5) is 13.1. The molecule has 0 radical (unpaired) electrons. The summed E-state index contributed by atoms with van der Waals surface area (Å²) >= 11 is 1.44. The zero-order chi connectivity index (χ0) is 18.7. The molecule has 0 aliphatic carbocycles. The van der Waals surface area contributed by atoms with E-state index >= 15 is 0 Å². The summed E-state index contributed by atoms with van der Waals surface area (Å²) in [5.41, 5.74) is 1.03. The first-order chi connectivity index (χ1) is 12.3. The molecule has 0 aliphatic rings. The van der Waals surface area contributed by atoms with Crippen LogP contribution in [0.2, 0.25) is 0 Å². The number of thioether (sulfide) groups is 1. The van der Waals surface area contributed by atoms with Crippen LogP contribution in [0.15, 0.2) is 59.6 Å². The van der Waals surface area contributed by atoms with Crippen molar-refractivity contribution < 1.29 is 18.0 Å². The Hall–Kier alpha value is -2.41. The number of fused-ring (bicyclic) bond motifs is 1. The number of nitrogens with zero attached hydrogens (tertiary/aromatic N) is 1. The van der Waals surface area contributed by atoms with E-state index in [4.69, 9.17) is 0 Å². The second kappa shape index (κ2) is 7.45. The Labute approximate surface area is 153 Å². The highest BCUT2D eigenvalue weighted by molar-refractivity contribution is 8.00. The molecule has 0 unspecified atom stereocenters. The fourth-order valence-corrected chi connectivity index (χ4v) is 3.58. The maximum Gasteiger partial charge on any atom is 0.416 e. The number of aryl methyl sites for hydroxylation is 1. The van der Waals surface area contributed by atoms with Crippen molar-refractivity contribution in [2.75, 3.05) is 5.75 Å². The normalized spacial score (nSPS) is 11.7. The summed E-state index contributed by atoms with van der Waals surface area (Å²) in [6.07, 6.45) is -2.37. The third kappa shape index (κ3) is 4.22. The van der Waals surface area contributed by atoms with Crippen LogP contribution in [0.1, 0.15) is 11.1 Å². The van der Waals surface area contributed by atoms with Crippen LogP contribution in [0.3, 0.4) is 0 Å². The zero-order valence-electron chi connectivity index (χ0n) is 14.0. The monoisotopic (exact) mass is 378 g/mol. The molecule has 0 bridgehead atoms. The standard InChI is InChI=1S/C19H17F3N2OS/c1-24-11-17(15-4-2-3-5-16(15)24)26-12-18(25)23-10-13-6-8-14(9-7-13)19(20,21)22/h2-9,11H,10,12H2,1H3,(H,23,25). The molecule has 1 aromatic heterocycles.